The molecule has 2 aromatic carbocycles. The molecule has 6 rings (SSSR count). The highest BCUT2D eigenvalue weighted by Gasteiger charge is 2.31. The van der Waals surface area contributed by atoms with Crippen molar-refractivity contribution in [3.05, 3.63) is 125 Å². The second kappa shape index (κ2) is 26.2. The summed E-state index contributed by atoms with van der Waals surface area (Å²) in [4.78, 5) is 26.7. The molecule has 0 spiro atoms. The molecule has 1 atom stereocenters. The van der Waals surface area contributed by atoms with Gasteiger partial charge in [0.25, 0.3) is 0 Å². The molecule has 1 aliphatic carbocycles. The highest BCUT2D eigenvalue weighted by atomic mass is 15.3. The summed E-state index contributed by atoms with van der Waals surface area (Å²) in [5.41, 5.74) is 11.7. The molecular formula is C57H84N10. The van der Waals surface area contributed by atoms with Crippen molar-refractivity contribution in [1.82, 2.24) is 30.5 Å². The highest BCUT2D eigenvalue weighted by molar-refractivity contribution is 6.03. The molecule has 0 bridgehead atoms. The standard InChI is InChI=1S/C55H78N10.C2H6/c1-11-15-40(5)27-30-65(53(14-4)56-10)46-23-17-42(18-24-46)28-29-63-31-33-64(34-32-63)47-25-26-51(58-38-47)62-52-36-49(59-39-60-52)44-21-22-45(41(6)35-44)37-57-48(13-3)54(43-19-20-43)61-50(16-12-2)55(7,8)9;1-2/h13-14,16-18,21-26,35-36,38-40,43,56-57H,11-12,15,19-20,27-34,37H2,1-10H3,(H,58,59,60,62);1-2H3/b48-13+,50-16-,53-14+,61-54+;. The van der Waals surface area contributed by atoms with Crippen molar-refractivity contribution in [3.63, 3.8) is 0 Å². The van der Waals surface area contributed by atoms with Crippen LogP contribution >= 0.6 is 0 Å². The number of hydrogen-bond donors (Lipinski definition) is 3. The molecule has 1 saturated heterocycles. The molecular weight excluding hydrogens is 825 g/mol. The fourth-order valence-electron chi connectivity index (χ4n) is 8.69. The maximum absolute atomic E-state index is 5.27. The SMILES string of the molecule is CC.C\C=C(NCc1ccc(-c2cc(Nc3ccc(N4CCN(CCc5ccc(N(CCC(C)CCC)/C(=C/C)NC)cc5)CC4)cn3)ncn2)cc1C)/C(=N/C(=C\CC)C(C)(C)C)C1CC1. The Morgan fingerprint density at radius 2 is 1.64 bits per heavy atom. The fraction of sp³-hybridized carbons (Fsp3) is 0.509. The van der Waals surface area contributed by atoms with Gasteiger partial charge >= 0.3 is 0 Å². The van der Waals surface area contributed by atoms with Crippen molar-refractivity contribution in [2.45, 2.75) is 128 Å². The number of benzene rings is 2. The predicted octanol–water partition coefficient (Wildman–Crippen LogP) is 12.9. The Bertz CT molecular complexity index is 2240. The van der Waals surface area contributed by atoms with Gasteiger partial charge in [-0.3, -0.25) is 9.89 Å². The van der Waals surface area contributed by atoms with Crippen molar-refractivity contribution < 1.29 is 0 Å². The first kappa shape index (κ1) is 52.5. The number of nitrogens with zero attached hydrogens (tertiary/aromatic N) is 7. The van der Waals surface area contributed by atoms with Gasteiger partial charge in [-0.15, -0.1) is 0 Å². The van der Waals surface area contributed by atoms with E-state index in [9.17, 15) is 0 Å². The third kappa shape index (κ3) is 15.5. The molecule has 10 heteroatoms. The lowest BCUT2D eigenvalue weighted by Gasteiger charge is -2.36. The number of aromatic nitrogens is 3. The number of anilines is 4. The first-order valence-corrected chi connectivity index (χ1v) is 25.4. The zero-order chi connectivity index (χ0) is 48.3. The molecule has 3 N–H and O–H groups in total. The maximum Gasteiger partial charge on any atom is 0.135 e. The van der Waals surface area contributed by atoms with Gasteiger partial charge in [0.15, 0.2) is 0 Å². The van der Waals surface area contributed by atoms with Crippen LogP contribution in [0.1, 0.15) is 124 Å². The average molecular weight is 909 g/mol. The number of pyridine rings is 1. The molecule has 1 aliphatic heterocycles. The summed E-state index contributed by atoms with van der Waals surface area (Å²) in [6.07, 6.45) is 18.4. The molecule has 362 valence electrons. The highest BCUT2D eigenvalue weighted by Crippen LogP contribution is 2.36. The summed E-state index contributed by atoms with van der Waals surface area (Å²) >= 11 is 0. The van der Waals surface area contributed by atoms with Gasteiger partial charge in [0.2, 0.25) is 0 Å². The zero-order valence-corrected chi connectivity index (χ0v) is 43.3. The molecule has 0 amide bonds. The number of piperazine rings is 1. The number of rotatable bonds is 22. The summed E-state index contributed by atoms with van der Waals surface area (Å²) in [6.45, 7) is 30.9. The summed E-state index contributed by atoms with van der Waals surface area (Å²) in [7, 11) is 2.02. The number of nitrogens with one attached hydrogen (secondary N) is 3. The van der Waals surface area contributed by atoms with Gasteiger partial charge in [0.1, 0.15) is 23.8 Å². The zero-order valence-electron chi connectivity index (χ0n) is 43.3. The van der Waals surface area contributed by atoms with Crippen molar-refractivity contribution >= 4 is 28.7 Å². The first-order chi connectivity index (χ1) is 32.4. The molecule has 2 aromatic heterocycles. The van der Waals surface area contributed by atoms with Crippen molar-refractivity contribution in [3.8, 4) is 11.3 Å². The van der Waals surface area contributed by atoms with Crippen LogP contribution in [0.2, 0.25) is 0 Å². The van der Waals surface area contributed by atoms with Crippen LogP contribution in [-0.4, -0.2) is 71.9 Å². The van der Waals surface area contributed by atoms with Crippen molar-refractivity contribution in [2.24, 2.45) is 22.2 Å². The van der Waals surface area contributed by atoms with Crippen LogP contribution in [0.5, 0.6) is 0 Å². The van der Waals surface area contributed by atoms with Crippen molar-refractivity contribution in [1.29, 1.82) is 0 Å². The number of aryl methyl sites for hydroxylation is 1. The number of aliphatic imine (C=N–C) groups is 1. The van der Waals surface area contributed by atoms with Crippen LogP contribution in [0.15, 0.2) is 114 Å². The Morgan fingerprint density at radius 3 is 2.24 bits per heavy atom. The van der Waals surface area contributed by atoms with Crippen LogP contribution in [-0.2, 0) is 13.0 Å². The Labute approximate surface area is 405 Å². The summed E-state index contributed by atoms with van der Waals surface area (Å²) < 4.78 is 0. The van der Waals surface area contributed by atoms with Gasteiger partial charge in [-0.2, -0.15) is 0 Å². The van der Waals surface area contributed by atoms with Gasteiger partial charge in [-0.25, -0.2) is 15.0 Å². The minimum Gasteiger partial charge on any atom is -0.380 e. The summed E-state index contributed by atoms with van der Waals surface area (Å²) in [5.74, 6) is 3.90. The Balaban J connectivity index is 0.00000414. The lowest BCUT2D eigenvalue weighted by molar-refractivity contribution is 0.261. The second-order valence-electron chi connectivity index (χ2n) is 19.0. The Kier molecular flexibility index (Phi) is 20.5. The summed E-state index contributed by atoms with van der Waals surface area (Å²) in [6, 6.07) is 22.0. The molecule has 4 aromatic rings. The van der Waals surface area contributed by atoms with E-state index in [2.05, 4.69) is 170 Å². The van der Waals surface area contributed by atoms with Crippen LogP contribution in [0.3, 0.4) is 0 Å². The van der Waals surface area contributed by atoms with Gasteiger partial charge in [-0.1, -0.05) is 105 Å². The second-order valence-corrected chi connectivity index (χ2v) is 19.0. The molecule has 2 aliphatic rings. The van der Waals surface area contributed by atoms with E-state index in [4.69, 9.17) is 9.98 Å². The van der Waals surface area contributed by atoms with Crippen molar-refractivity contribution in [2.75, 3.05) is 61.4 Å². The van der Waals surface area contributed by atoms with E-state index in [1.807, 2.05) is 39.2 Å². The van der Waals surface area contributed by atoms with Gasteiger partial charge in [-0.05, 0) is 112 Å². The lowest BCUT2D eigenvalue weighted by atomic mass is 9.91. The fourth-order valence-corrected chi connectivity index (χ4v) is 8.69. The van der Waals surface area contributed by atoms with Crippen LogP contribution in [0.25, 0.3) is 11.3 Å². The molecule has 10 nitrogen and oxygen atoms in total. The maximum atomic E-state index is 5.27. The van der Waals surface area contributed by atoms with E-state index in [-0.39, 0.29) is 5.41 Å². The Hall–Kier alpha value is -5.48. The van der Waals surface area contributed by atoms with E-state index in [1.165, 1.54) is 65.9 Å². The van der Waals surface area contributed by atoms with Crippen LogP contribution in [0.4, 0.5) is 23.0 Å². The monoisotopic (exact) mass is 909 g/mol. The molecule has 1 saturated carbocycles. The van der Waals surface area contributed by atoms with E-state index < -0.39 is 0 Å². The molecule has 0 radical (unpaired) electrons. The topological polar surface area (TPSA) is 96.8 Å². The average Bonchev–Trinajstić information content (AvgIpc) is 4.19. The molecule has 2 fully saturated rings. The van der Waals surface area contributed by atoms with E-state index in [0.29, 0.717) is 11.7 Å². The number of hydrogen-bond acceptors (Lipinski definition) is 10. The largest absolute Gasteiger partial charge is 0.380 e. The predicted molar refractivity (Wildman–Crippen MR) is 287 cm³/mol. The van der Waals surface area contributed by atoms with Gasteiger partial charge in [0.05, 0.1) is 29.0 Å². The quantitative estimate of drug-likeness (QED) is 0.0666. The Morgan fingerprint density at radius 1 is 0.896 bits per heavy atom. The van der Waals surface area contributed by atoms with E-state index in [1.54, 1.807) is 6.33 Å². The smallest absolute Gasteiger partial charge is 0.135 e. The molecule has 67 heavy (non-hydrogen) atoms. The normalized spacial score (nSPS) is 15.7. The van der Waals surface area contributed by atoms with Gasteiger partial charge in [0, 0.05) is 87.2 Å². The van der Waals surface area contributed by atoms with E-state index >= 15 is 0 Å². The van der Waals surface area contributed by atoms with Gasteiger partial charge < -0.3 is 25.8 Å². The summed E-state index contributed by atoms with van der Waals surface area (Å²) in [5, 5.41) is 10.6. The third-order valence-electron chi connectivity index (χ3n) is 12.9. The number of allylic oxidation sites excluding steroid dienone is 5. The molecule has 1 unspecified atom stereocenters. The minimum absolute atomic E-state index is 0.00594. The lowest BCUT2D eigenvalue weighted by Crippen LogP contribution is -2.47. The van der Waals surface area contributed by atoms with Crippen LogP contribution in [0, 0.1) is 24.2 Å². The first-order valence-electron chi connectivity index (χ1n) is 25.4. The van der Waals surface area contributed by atoms with Crippen LogP contribution < -0.4 is 25.8 Å². The third-order valence-corrected chi connectivity index (χ3v) is 12.9. The molecule has 3 heterocycles. The van der Waals surface area contributed by atoms with E-state index in [0.717, 1.165) is 98.9 Å². The minimum atomic E-state index is 0.00594.